The van der Waals surface area contributed by atoms with Gasteiger partial charge in [-0.1, -0.05) is 59.8 Å². The van der Waals surface area contributed by atoms with Crippen LogP contribution in [0.25, 0.3) is 22.5 Å². The first-order valence-electron chi connectivity index (χ1n) is 8.66. The summed E-state index contributed by atoms with van der Waals surface area (Å²) in [4.78, 5) is 4.45. The van der Waals surface area contributed by atoms with Crippen molar-refractivity contribution in [2.75, 3.05) is 5.73 Å². The minimum atomic E-state index is -0.277. The summed E-state index contributed by atoms with van der Waals surface area (Å²) in [5, 5.41) is 4.03. The molecule has 134 valence electrons. The lowest BCUT2D eigenvalue weighted by Crippen LogP contribution is -1.98. The minimum absolute atomic E-state index is 0.230. The fourth-order valence-corrected chi connectivity index (χ4v) is 3.00. The van der Waals surface area contributed by atoms with Gasteiger partial charge in [0.1, 0.15) is 5.82 Å². The summed E-state index contributed by atoms with van der Waals surface area (Å²) in [7, 11) is 0. The first-order chi connectivity index (χ1) is 13.1. The first-order valence-corrected chi connectivity index (χ1v) is 8.66. The van der Waals surface area contributed by atoms with Crippen molar-refractivity contribution in [3.8, 4) is 22.5 Å². The Morgan fingerprint density at radius 3 is 2.44 bits per heavy atom. The van der Waals surface area contributed by atoms with Gasteiger partial charge < -0.3 is 10.3 Å². The highest BCUT2D eigenvalue weighted by Crippen LogP contribution is 2.30. The van der Waals surface area contributed by atoms with Gasteiger partial charge in [-0.25, -0.2) is 4.39 Å². The number of halogens is 1. The normalized spacial score (nSPS) is 12.1. The van der Waals surface area contributed by atoms with E-state index in [-0.39, 0.29) is 11.7 Å². The highest BCUT2D eigenvalue weighted by molar-refractivity contribution is 5.64. The SMILES string of the molecule is CC(c1ccc(-c2ccccc2)c(F)c1)c1nc(-c2cccc(N)c2)no1. The van der Waals surface area contributed by atoms with Gasteiger partial charge >= 0.3 is 0 Å². The zero-order valence-corrected chi connectivity index (χ0v) is 14.8. The van der Waals surface area contributed by atoms with Crippen LogP contribution in [0.4, 0.5) is 10.1 Å². The molecule has 0 bridgehead atoms. The van der Waals surface area contributed by atoms with E-state index in [1.807, 2.05) is 55.5 Å². The van der Waals surface area contributed by atoms with Crippen molar-refractivity contribution >= 4 is 5.69 Å². The molecule has 4 rings (SSSR count). The van der Waals surface area contributed by atoms with Gasteiger partial charge in [-0.15, -0.1) is 0 Å². The van der Waals surface area contributed by atoms with Crippen LogP contribution in [0.5, 0.6) is 0 Å². The average Bonchev–Trinajstić information content (AvgIpc) is 3.18. The second kappa shape index (κ2) is 7.03. The maximum atomic E-state index is 14.6. The molecular formula is C22H18FN3O. The van der Waals surface area contributed by atoms with Crippen LogP contribution >= 0.6 is 0 Å². The highest BCUT2D eigenvalue weighted by Gasteiger charge is 2.19. The maximum absolute atomic E-state index is 14.6. The van der Waals surface area contributed by atoms with Crippen molar-refractivity contribution in [2.24, 2.45) is 0 Å². The third-order valence-electron chi connectivity index (χ3n) is 4.53. The molecule has 5 heteroatoms. The summed E-state index contributed by atoms with van der Waals surface area (Å²) in [6, 6.07) is 21.9. The van der Waals surface area contributed by atoms with Gasteiger partial charge in [0.15, 0.2) is 0 Å². The Labute approximate surface area is 156 Å². The molecule has 4 aromatic rings. The van der Waals surface area contributed by atoms with Gasteiger partial charge in [0, 0.05) is 16.8 Å². The van der Waals surface area contributed by atoms with Gasteiger partial charge in [-0.2, -0.15) is 4.98 Å². The van der Waals surface area contributed by atoms with Crippen LogP contribution in [-0.4, -0.2) is 10.1 Å². The number of hydrogen-bond acceptors (Lipinski definition) is 4. The Balaban J connectivity index is 1.62. The van der Waals surface area contributed by atoms with Gasteiger partial charge in [-0.05, 0) is 36.2 Å². The van der Waals surface area contributed by atoms with Crippen LogP contribution in [0.1, 0.15) is 24.3 Å². The number of rotatable bonds is 4. The lowest BCUT2D eigenvalue weighted by atomic mass is 9.97. The van der Waals surface area contributed by atoms with Crippen LogP contribution in [0.3, 0.4) is 0 Å². The molecule has 1 unspecified atom stereocenters. The molecule has 0 aliphatic heterocycles. The molecule has 0 saturated carbocycles. The third kappa shape index (κ3) is 3.44. The summed E-state index contributed by atoms with van der Waals surface area (Å²) < 4.78 is 20.1. The number of benzene rings is 3. The van der Waals surface area contributed by atoms with E-state index >= 15 is 0 Å². The third-order valence-corrected chi connectivity index (χ3v) is 4.53. The molecule has 0 saturated heterocycles. The summed E-state index contributed by atoms with van der Waals surface area (Å²) in [5.41, 5.74) is 9.40. The average molecular weight is 359 g/mol. The summed E-state index contributed by atoms with van der Waals surface area (Å²) in [6.45, 7) is 1.91. The monoisotopic (exact) mass is 359 g/mol. The molecule has 1 heterocycles. The van der Waals surface area contributed by atoms with E-state index < -0.39 is 0 Å². The molecule has 3 aromatic carbocycles. The van der Waals surface area contributed by atoms with Crippen LogP contribution < -0.4 is 5.73 Å². The minimum Gasteiger partial charge on any atom is -0.399 e. The van der Waals surface area contributed by atoms with Crippen molar-refractivity contribution in [2.45, 2.75) is 12.8 Å². The zero-order chi connectivity index (χ0) is 18.8. The molecule has 1 aromatic heterocycles. The van der Waals surface area contributed by atoms with Gasteiger partial charge in [0.25, 0.3) is 0 Å². The summed E-state index contributed by atoms with van der Waals surface area (Å²) >= 11 is 0. The number of aromatic nitrogens is 2. The lowest BCUT2D eigenvalue weighted by molar-refractivity contribution is 0.370. The van der Waals surface area contributed by atoms with Gasteiger partial charge in [0.2, 0.25) is 11.7 Å². The fourth-order valence-electron chi connectivity index (χ4n) is 3.00. The van der Waals surface area contributed by atoms with Crippen molar-refractivity contribution in [3.05, 3.63) is 90.1 Å². The highest BCUT2D eigenvalue weighted by atomic mass is 19.1. The Bertz CT molecular complexity index is 1080. The van der Waals surface area contributed by atoms with Crippen LogP contribution in [0.2, 0.25) is 0 Å². The van der Waals surface area contributed by atoms with E-state index in [0.29, 0.717) is 23.0 Å². The lowest BCUT2D eigenvalue weighted by Gasteiger charge is -2.10. The Kier molecular flexibility index (Phi) is 4.42. The molecule has 1 atom stereocenters. The van der Waals surface area contributed by atoms with Crippen molar-refractivity contribution in [3.63, 3.8) is 0 Å². The summed E-state index contributed by atoms with van der Waals surface area (Å²) in [6.07, 6.45) is 0. The number of nitrogen functional groups attached to an aromatic ring is 1. The molecule has 0 aliphatic rings. The second-order valence-corrected chi connectivity index (χ2v) is 6.41. The molecule has 0 radical (unpaired) electrons. The topological polar surface area (TPSA) is 64.9 Å². The zero-order valence-electron chi connectivity index (χ0n) is 14.8. The van der Waals surface area contributed by atoms with E-state index in [1.165, 1.54) is 6.07 Å². The fraction of sp³-hybridized carbons (Fsp3) is 0.0909. The van der Waals surface area contributed by atoms with E-state index in [1.54, 1.807) is 18.2 Å². The molecule has 27 heavy (non-hydrogen) atoms. The summed E-state index contributed by atoms with van der Waals surface area (Å²) in [5.74, 6) is 0.387. The molecule has 0 fully saturated rings. The maximum Gasteiger partial charge on any atom is 0.234 e. The predicted molar refractivity (Wildman–Crippen MR) is 103 cm³/mol. The van der Waals surface area contributed by atoms with E-state index in [0.717, 1.165) is 16.7 Å². The Morgan fingerprint density at radius 2 is 1.70 bits per heavy atom. The van der Waals surface area contributed by atoms with Crippen molar-refractivity contribution < 1.29 is 8.91 Å². The predicted octanol–water partition coefficient (Wildman–Crippen LogP) is 5.28. The van der Waals surface area contributed by atoms with E-state index in [9.17, 15) is 4.39 Å². The number of nitrogens with two attached hydrogens (primary N) is 1. The van der Waals surface area contributed by atoms with E-state index in [4.69, 9.17) is 10.3 Å². The van der Waals surface area contributed by atoms with Crippen LogP contribution in [-0.2, 0) is 0 Å². The molecule has 0 spiro atoms. The van der Waals surface area contributed by atoms with Gasteiger partial charge in [-0.3, -0.25) is 0 Å². The largest absolute Gasteiger partial charge is 0.399 e. The van der Waals surface area contributed by atoms with Gasteiger partial charge in [0.05, 0.1) is 5.92 Å². The van der Waals surface area contributed by atoms with Crippen molar-refractivity contribution in [1.29, 1.82) is 0 Å². The molecular weight excluding hydrogens is 341 g/mol. The van der Waals surface area contributed by atoms with Crippen LogP contribution in [0.15, 0.2) is 77.3 Å². The number of hydrogen-bond donors (Lipinski definition) is 1. The standard InChI is InChI=1S/C22H18FN3O/c1-14(22-25-21(26-27-22)17-8-5-9-18(24)12-17)16-10-11-19(20(23)13-16)15-6-3-2-4-7-15/h2-14H,24H2,1H3. The quantitative estimate of drug-likeness (QED) is 0.504. The molecule has 4 nitrogen and oxygen atoms in total. The molecule has 0 aliphatic carbocycles. The van der Waals surface area contributed by atoms with Crippen molar-refractivity contribution in [1.82, 2.24) is 10.1 Å². The van der Waals surface area contributed by atoms with E-state index in [2.05, 4.69) is 10.1 Å². The van der Waals surface area contributed by atoms with Crippen LogP contribution in [0, 0.1) is 5.82 Å². The Morgan fingerprint density at radius 1 is 0.926 bits per heavy atom. The number of anilines is 1. The Hall–Kier alpha value is -3.47. The number of nitrogens with zero attached hydrogens (tertiary/aromatic N) is 2. The smallest absolute Gasteiger partial charge is 0.234 e. The molecule has 2 N–H and O–H groups in total. The second-order valence-electron chi connectivity index (χ2n) is 6.41. The molecule has 0 amide bonds. The first kappa shape index (κ1) is 17.0.